The summed E-state index contributed by atoms with van der Waals surface area (Å²) in [4.78, 5) is 0. The normalized spacial score (nSPS) is 11.5. The third kappa shape index (κ3) is 2.23. The summed E-state index contributed by atoms with van der Waals surface area (Å²) >= 11 is 0. The van der Waals surface area contributed by atoms with Crippen LogP contribution in [0, 0.1) is 6.92 Å². The van der Waals surface area contributed by atoms with Crippen LogP contribution in [0.1, 0.15) is 5.69 Å². The van der Waals surface area contributed by atoms with Gasteiger partial charge in [-0.3, -0.25) is 9.82 Å². The van der Waals surface area contributed by atoms with Crippen molar-refractivity contribution in [2.45, 2.75) is 6.92 Å². The predicted octanol–water partition coefficient (Wildman–Crippen LogP) is 0.0896. The van der Waals surface area contributed by atoms with Gasteiger partial charge in [0.1, 0.15) is 0 Å². The van der Waals surface area contributed by atoms with Gasteiger partial charge in [0.15, 0.2) is 0 Å². The Hall–Kier alpha value is -1.04. The van der Waals surface area contributed by atoms with Crippen molar-refractivity contribution < 1.29 is 8.42 Å². The summed E-state index contributed by atoms with van der Waals surface area (Å²) in [6, 6.07) is 0. The van der Waals surface area contributed by atoms with E-state index in [1.54, 1.807) is 6.92 Å². The summed E-state index contributed by atoms with van der Waals surface area (Å²) in [6.45, 7) is 1.74. The van der Waals surface area contributed by atoms with Crippen molar-refractivity contribution in [1.82, 2.24) is 10.2 Å². The molecular formula is C5H9N3O2S. The fraction of sp³-hybridized carbons (Fsp3) is 0.400. The van der Waals surface area contributed by atoms with Crippen LogP contribution in [0.3, 0.4) is 0 Å². The molecule has 0 aromatic carbocycles. The van der Waals surface area contributed by atoms with Gasteiger partial charge in [0.2, 0.25) is 10.0 Å². The molecule has 2 N–H and O–H groups in total. The molecule has 1 aromatic rings. The average molecular weight is 175 g/mol. The molecule has 0 atom stereocenters. The Morgan fingerprint density at radius 1 is 1.64 bits per heavy atom. The minimum atomic E-state index is -3.18. The van der Waals surface area contributed by atoms with Gasteiger partial charge in [0.25, 0.3) is 0 Å². The van der Waals surface area contributed by atoms with Crippen LogP contribution in [-0.4, -0.2) is 24.9 Å². The fourth-order valence-electron chi connectivity index (χ4n) is 0.653. The smallest absolute Gasteiger partial charge is 0.229 e. The summed E-state index contributed by atoms with van der Waals surface area (Å²) in [5.74, 6) is 0. The molecule has 0 saturated heterocycles. The summed E-state index contributed by atoms with van der Waals surface area (Å²) in [7, 11) is -3.18. The number of nitrogens with zero attached hydrogens (tertiary/aromatic N) is 1. The van der Waals surface area contributed by atoms with Crippen LogP contribution in [-0.2, 0) is 10.0 Å². The number of aromatic nitrogens is 2. The Balaban J connectivity index is 2.89. The van der Waals surface area contributed by atoms with Crippen LogP contribution in [0.4, 0.5) is 5.69 Å². The minimum Gasteiger partial charge on any atom is -0.281 e. The molecule has 1 heterocycles. The van der Waals surface area contributed by atoms with Crippen LogP contribution in [0.2, 0.25) is 0 Å². The molecule has 1 rings (SSSR count). The van der Waals surface area contributed by atoms with Crippen LogP contribution >= 0.6 is 0 Å². The van der Waals surface area contributed by atoms with Gasteiger partial charge in [-0.1, -0.05) is 0 Å². The molecule has 0 unspecified atom stereocenters. The minimum absolute atomic E-state index is 0.493. The Morgan fingerprint density at radius 2 is 2.27 bits per heavy atom. The van der Waals surface area contributed by atoms with Gasteiger partial charge < -0.3 is 0 Å². The monoisotopic (exact) mass is 175 g/mol. The Morgan fingerprint density at radius 3 is 2.64 bits per heavy atom. The number of anilines is 1. The van der Waals surface area contributed by atoms with E-state index in [4.69, 9.17) is 0 Å². The molecule has 0 amide bonds. The summed E-state index contributed by atoms with van der Waals surface area (Å²) in [6.07, 6.45) is 2.52. The predicted molar refractivity (Wildman–Crippen MR) is 41.8 cm³/mol. The number of hydrogen-bond acceptors (Lipinski definition) is 3. The summed E-state index contributed by atoms with van der Waals surface area (Å²) < 4.78 is 23.7. The lowest BCUT2D eigenvalue weighted by Gasteiger charge is -1.99. The van der Waals surface area contributed by atoms with Gasteiger partial charge in [-0.15, -0.1) is 0 Å². The van der Waals surface area contributed by atoms with E-state index < -0.39 is 10.0 Å². The van der Waals surface area contributed by atoms with E-state index in [1.165, 1.54) is 6.20 Å². The quantitative estimate of drug-likeness (QED) is 0.669. The third-order valence-corrected chi connectivity index (χ3v) is 1.72. The first-order valence-electron chi connectivity index (χ1n) is 2.97. The Bertz CT molecular complexity index is 340. The van der Waals surface area contributed by atoms with E-state index >= 15 is 0 Å². The number of H-pyrrole nitrogens is 1. The van der Waals surface area contributed by atoms with E-state index in [0.717, 1.165) is 6.26 Å². The highest BCUT2D eigenvalue weighted by molar-refractivity contribution is 7.92. The lowest BCUT2D eigenvalue weighted by Crippen LogP contribution is -2.09. The van der Waals surface area contributed by atoms with E-state index in [2.05, 4.69) is 14.9 Å². The highest BCUT2D eigenvalue weighted by Crippen LogP contribution is 2.10. The summed E-state index contributed by atoms with van der Waals surface area (Å²) in [5, 5.41) is 6.27. The van der Waals surface area contributed by atoms with Crippen molar-refractivity contribution in [1.29, 1.82) is 0 Å². The van der Waals surface area contributed by atoms with Crippen LogP contribution in [0.15, 0.2) is 6.20 Å². The van der Waals surface area contributed by atoms with Gasteiger partial charge in [-0.25, -0.2) is 8.42 Å². The van der Waals surface area contributed by atoms with Gasteiger partial charge in [0.05, 0.1) is 23.8 Å². The molecule has 0 bridgehead atoms. The molecule has 0 spiro atoms. The van der Waals surface area contributed by atoms with E-state index in [0.29, 0.717) is 11.4 Å². The number of hydrogen-bond donors (Lipinski definition) is 2. The van der Waals surface area contributed by atoms with E-state index in [-0.39, 0.29) is 0 Å². The molecule has 62 valence electrons. The first kappa shape index (κ1) is 8.06. The molecule has 0 fully saturated rings. The standard InChI is InChI=1S/C5H9N3O2S/c1-4-5(3-6-7-4)8-11(2,9)10/h3,8H,1-2H3,(H,6,7). The van der Waals surface area contributed by atoms with Crippen molar-refractivity contribution in [3.8, 4) is 0 Å². The SMILES string of the molecule is Cc1[nH]ncc1NS(C)(=O)=O. The molecule has 6 heteroatoms. The zero-order valence-corrected chi connectivity index (χ0v) is 7.07. The number of aryl methyl sites for hydroxylation is 1. The molecule has 0 saturated carbocycles. The Labute approximate surface area is 64.9 Å². The number of sulfonamides is 1. The van der Waals surface area contributed by atoms with Gasteiger partial charge in [-0.2, -0.15) is 5.10 Å². The first-order chi connectivity index (χ1) is 4.99. The highest BCUT2D eigenvalue weighted by Gasteiger charge is 2.04. The van der Waals surface area contributed by atoms with E-state index in [1.807, 2.05) is 0 Å². The van der Waals surface area contributed by atoms with Crippen molar-refractivity contribution >= 4 is 15.7 Å². The van der Waals surface area contributed by atoms with Crippen LogP contribution < -0.4 is 4.72 Å². The molecular weight excluding hydrogens is 166 g/mol. The molecule has 0 aliphatic heterocycles. The number of rotatable bonds is 2. The zero-order chi connectivity index (χ0) is 8.48. The maximum Gasteiger partial charge on any atom is 0.229 e. The Kier molecular flexibility index (Phi) is 1.86. The topological polar surface area (TPSA) is 74.8 Å². The molecule has 0 aliphatic rings. The average Bonchev–Trinajstić information content (AvgIpc) is 2.12. The molecule has 0 aliphatic carbocycles. The second-order valence-corrected chi connectivity index (χ2v) is 4.03. The van der Waals surface area contributed by atoms with E-state index in [9.17, 15) is 8.42 Å². The van der Waals surface area contributed by atoms with Gasteiger partial charge >= 0.3 is 0 Å². The van der Waals surface area contributed by atoms with Crippen LogP contribution in [0.5, 0.6) is 0 Å². The van der Waals surface area contributed by atoms with Gasteiger partial charge in [0, 0.05) is 0 Å². The number of nitrogens with one attached hydrogen (secondary N) is 2. The lowest BCUT2D eigenvalue weighted by molar-refractivity contribution is 0.607. The van der Waals surface area contributed by atoms with Crippen molar-refractivity contribution in [2.24, 2.45) is 0 Å². The molecule has 5 nitrogen and oxygen atoms in total. The maximum atomic E-state index is 10.7. The summed E-state index contributed by atoms with van der Waals surface area (Å²) in [5.41, 5.74) is 1.20. The highest BCUT2D eigenvalue weighted by atomic mass is 32.2. The fourth-order valence-corrected chi connectivity index (χ4v) is 1.26. The lowest BCUT2D eigenvalue weighted by atomic mass is 10.4. The molecule has 0 radical (unpaired) electrons. The maximum absolute atomic E-state index is 10.7. The van der Waals surface area contributed by atoms with Crippen molar-refractivity contribution in [3.05, 3.63) is 11.9 Å². The third-order valence-electron chi connectivity index (χ3n) is 1.13. The second kappa shape index (κ2) is 2.54. The second-order valence-electron chi connectivity index (χ2n) is 2.28. The molecule has 11 heavy (non-hydrogen) atoms. The van der Waals surface area contributed by atoms with Gasteiger partial charge in [-0.05, 0) is 6.92 Å². The molecule has 1 aromatic heterocycles. The van der Waals surface area contributed by atoms with Crippen LogP contribution in [0.25, 0.3) is 0 Å². The number of aromatic amines is 1. The van der Waals surface area contributed by atoms with Crippen molar-refractivity contribution in [2.75, 3.05) is 11.0 Å². The first-order valence-corrected chi connectivity index (χ1v) is 4.86. The zero-order valence-electron chi connectivity index (χ0n) is 6.25. The largest absolute Gasteiger partial charge is 0.281 e. The van der Waals surface area contributed by atoms with Crippen molar-refractivity contribution in [3.63, 3.8) is 0 Å².